The van der Waals surface area contributed by atoms with Crippen LogP contribution >= 0.6 is 11.6 Å². The largest absolute Gasteiger partial charge is 0.323 e. The number of amides is 2. The molecule has 6 heteroatoms. The van der Waals surface area contributed by atoms with Gasteiger partial charge in [0.2, 0.25) is 0 Å². The van der Waals surface area contributed by atoms with E-state index in [2.05, 4.69) is 5.32 Å². The van der Waals surface area contributed by atoms with Gasteiger partial charge in [-0.15, -0.1) is 0 Å². The molecular weight excluding hydrogens is 233 g/mol. The summed E-state index contributed by atoms with van der Waals surface area (Å²) in [4.78, 5) is 12.6. The van der Waals surface area contributed by atoms with E-state index in [1.165, 1.54) is 17.0 Å². The number of carbonyl (C=O) groups excluding carboxylic acids is 1. The van der Waals surface area contributed by atoms with Gasteiger partial charge < -0.3 is 4.90 Å². The number of carbonyl (C=O) groups is 1. The number of nitrogens with zero attached hydrogens (tertiary/aromatic N) is 1. The first-order chi connectivity index (χ1) is 7.50. The SMILES string of the molecule is CN1C(=O)NC(=N)C1c1ccc(Cl)c(F)c1. The third kappa shape index (κ3) is 1.63. The summed E-state index contributed by atoms with van der Waals surface area (Å²) < 4.78 is 13.3. The first-order valence-electron chi connectivity index (χ1n) is 4.58. The smallest absolute Gasteiger partial charge is 0.313 e. The number of rotatable bonds is 1. The van der Waals surface area contributed by atoms with Crippen molar-refractivity contribution in [2.24, 2.45) is 0 Å². The summed E-state index contributed by atoms with van der Waals surface area (Å²) in [6.07, 6.45) is 0. The van der Waals surface area contributed by atoms with Crippen LogP contribution in [0.3, 0.4) is 0 Å². The van der Waals surface area contributed by atoms with Gasteiger partial charge in [0.1, 0.15) is 17.7 Å². The van der Waals surface area contributed by atoms with Crippen LogP contribution in [-0.4, -0.2) is 23.8 Å². The van der Waals surface area contributed by atoms with E-state index in [9.17, 15) is 9.18 Å². The molecule has 0 spiro atoms. The van der Waals surface area contributed by atoms with E-state index in [-0.39, 0.29) is 16.9 Å². The second kappa shape index (κ2) is 3.75. The molecule has 2 rings (SSSR count). The summed E-state index contributed by atoms with van der Waals surface area (Å²) in [7, 11) is 1.55. The molecule has 1 aromatic carbocycles. The van der Waals surface area contributed by atoms with Crippen molar-refractivity contribution in [2.75, 3.05) is 7.05 Å². The Morgan fingerprint density at radius 1 is 1.56 bits per heavy atom. The highest BCUT2D eigenvalue weighted by atomic mass is 35.5. The lowest BCUT2D eigenvalue weighted by atomic mass is 10.1. The normalized spacial score (nSPS) is 20.2. The van der Waals surface area contributed by atoms with Crippen molar-refractivity contribution >= 4 is 23.5 Å². The van der Waals surface area contributed by atoms with Crippen LogP contribution in [0, 0.1) is 11.2 Å². The average Bonchev–Trinajstić information content (AvgIpc) is 2.47. The minimum atomic E-state index is -0.570. The van der Waals surface area contributed by atoms with Crippen molar-refractivity contribution < 1.29 is 9.18 Å². The second-order valence-corrected chi connectivity index (χ2v) is 3.94. The van der Waals surface area contributed by atoms with Gasteiger partial charge in [0.15, 0.2) is 0 Å². The summed E-state index contributed by atoms with van der Waals surface area (Å²) in [6, 6.07) is 3.31. The Labute approximate surface area is 96.5 Å². The van der Waals surface area contributed by atoms with Crippen LogP contribution < -0.4 is 5.32 Å². The zero-order chi connectivity index (χ0) is 11.9. The molecule has 1 aliphatic rings. The summed E-state index contributed by atoms with van der Waals surface area (Å²) in [5.74, 6) is -0.520. The maximum absolute atomic E-state index is 13.3. The number of hydrogen-bond acceptors (Lipinski definition) is 2. The standard InChI is InChI=1S/C10H9ClFN3O/c1-15-8(9(13)14-10(15)16)5-2-3-6(11)7(12)4-5/h2-4,8H,1H3,(H2,13,14,16). The molecule has 2 N–H and O–H groups in total. The van der Waals surface area contributed by atoms with Crippen molar-refractivity contribution in [3.8, 4) is 0 Å². The fourth-order valence-corrected chi connectivity index (χ4v) is 1.77. The molecular formula is C10H9ClFN3O. The van der Waals surface area contributed by atoms with Gasteiger partial charge in [-0.1, -0.05) is 17.7 Å². The monoisotopic (exact) mass is 241 g/mol. The van der Waals surface area contributed by atoms with Crippen LogP contribution in [0.15, 0.2) is 18.2 Å². The fraction of sp³-hybridized carbons (Fsp3) is 0.200. The summed E-state index contributed by atoms with van der Waals surface area (Å²) in [5, 5.41) is 9.99. The minimum absolute atomic E-state index is 0.0233. The molecule has 1 heterocycles. The van der Waals surface area contributed by atoms with Crippen molar-refractivity contribution in [1.82, 2.24) is 10.2 Å². The van der Waals surface area contributed by atoms with Gasteiger partial charge in [-0.2, -0.15) is 0 Å². The highest BCUT2D eigenvalue weighted by Gasteiger charge is 2.34. The molecule has 1 unspecified atom stereocenters. The summed E-state index contributed by atoms with van der Waals surface area (Å²) >= 11 is 5.56. The van der Waals surface area contributed by atoms with Gasteiger partial charge in [-0.05, 0) is 17.7 Å². The molecule has 0 saturated carbocycles. The first kappa shape index (κ1) is 10.9. The van der Waals surface area contributed by atoms with Crippen LogP contribution in [0.5, 0.6) is 0 Å². The van der Waals surface area contributed by atoms with Crippen LogP contribution in [0.25, 0.3) is 0 Å². The molecule has 1 saturated heterocycles. The summed E-state index contributed by atoms with van der Waals surface area (Å²) in [5.41, 5.74) is 0.521. The predicted octanol–water partition coefficient (Wildman–Crippen LogP) is 2.15. The summed E-state index contributed by atoms with van der Waals surface area (Å²) in [6.45, 7) is 0. The van der Waals surface area contributed by atoms with Gasteiger partial charge in [-0.3, -0.25) is 10.7 Å². The van der Waals surface area contributed by atoms with Crippen molar-refractivity contribution in [3.63, 3.8) is 0 Å². The number of halogens is 2. The zero-order valence-electron chi connectivity index (χ0n) is 8.42. The number of likely N-dealkylation sites (N-methyl/N-ethyl adjacent to an activating group) is 1. The number of urea groups is 1. The van der Waals surface area contributed by atoms with Gasteiger partial charge in [0.25, 0.3) is 0 Å². The Bertz CT molecular complexity index is 477. The molecule has 84 valence electrons. The molecule has 0 bridgehead atoms. The molecule has 1 aliphatic heterocycles. The molecule has 1 atom stereocenters. The van der Waals surface area contributed by atoms with E-state index in [0.717, 1.165) is 0 Å². The molecule has 4 nitrogen and oxygen atoms in total. The highest BCUT2D eigenvalue weighted by Crippen LogP contribution is 2.26. The van der Waals surface area contributed by atoms with Crippen LogP contribution in [-0.2, 0) is 0 Å². The minimum Gasteiger partial charge on any atom is -0.313 e. The Kier molecular flexibility index (Phi) is 2.55. The quantitative estimate of drug-likeness (QED) is 0.778. The Balaban J connectivity index is 2.40. The topological polar surface area (TPSA) is 56.2 Å². The zero-order valence-corrected chi connectivity index (χ0v) is 9.18. The second-order valence-electron chi connectivity index (χ2n) is 3.53. The number of benzene rings is 1. The fourth-order valence-electron chi connectivity index (χ4n) is 1.66. The molecule has 1 fully saturated rings. The van der Waals surface area contributed by atoms with Crippen LogP contribution in [0.1, 0.15) is 11.6 Å². The highest BCUT2D eigenvalue weighted by molar-refractivity contribution is 6.30. The van der Waals surface area contributed by atoms with E-state index < -0.39 is 11.9 Å². The molecule has 1 aromatic rings. The molecule has 0 radical (unpaired) electrons. The molecule has 0 aliphatic carbocycles. The lowest BCUT2D eigenvalue weighted by Gasteiger charge is -2.17. The van der Waals surface area contributed by atoms with Crippen molar-refractivity contribution in [1.29, 1.82) is 5.41 Å². The maximum atomic E-state index is 13.3. The van der Waals surface area contributed by atoms with E-state index in [4.69, 9.17) is 17.0 Å². The van der Waals surface area contributed by atoms with Crippen LogP contribution in [0.4, 0.5) is 9.18 Å². The van der Waals surface area contributed by atoms with E-state index in [0.29, 0.717) is 5.56 Å². The van der Waals surface area contributed by atoms with Gasteiger partial charge in [0, 0.05) is 7.05 Å². The first-order valence-corrected chi connectivity index (χ1v) is 4.95. The lowest BCUT2D eigenvalue weighted by Crippen LogP contribution is -2.25. The average molecular weight is 242 g/mol. The molecule has 16 heavy (non-hydrogen) atoms. The third-order valence-corrected chi connectivity index (χ3v) is 2.79. The van der Waals surface area contributed by atoms with Crippen LogP contribution in [0.2, 0.25) is 5.02 Å². The van der Waals surface area contributed by atoms with Crippen molar-refractivity contribution in [2.45, 2.75) is 6.04 Å². The van der Waals surface area contributed by atoms with Gasteiger partial charge >= 0.3 is 6.03 Å². The van der Waals surface area contributed by atoms with E-state index >= 15 is 0 Å². The lowest BCUT2D eigenvalue weighted by molar-refractivity contribution is 0.217. The number of hydrogen-bond donors (Lipinski definition) is 2. The Morgan fingerprint density at radius 2 is 2.25 bits per heavy atom. The van der Waals surface area contributed by atoms with Gasteiger partial charge in [0.05, 0.1) is 5.02 Å². The van der Waals surface area contributed by atoms with E-state index in [1.54, 1.807) is 13.1 Å². The molecule has 2 amide bonds. The molecule has 0 aromatic heterocycles. The third-order valence-electron chi connectivity index (χ3n) is 2.48. The van der Waals surface area contributed by atoms with Crippen molar-refractivity contribution in [3.05, 3.63) is 34.6 Å². The number of nitrogens with one attached hydrogen (secondary N) is 2. The number of amidine groups is 1. The maximum Gasteiger partial charge on any atom is 0.323 e. The predicted molar refractivity (Wildman–Crippen MR) is 58.2 cm³/mol. The Hall–Kier alpha value is -1.62. The Morgan fingerprint density at radius 3 is 2.75 bits per heavy atom. The van der Waals surface area contributed by atoms with E-state index in [1.807, 2.05) is 0 Å². The van der Waals surface area contributed by atoms with Gasteiger partial charge in [-0.25, -0.2) is 9.18 Å².